The van der Waals surface area contributed by atoms with Crippen LogP contribution in [0.3, 0.4) is 0 Å². The number of rotatable bonds is 10. The van der Waals surface area contributed by atoms with Crippen molar-refractivity contribution in [2.75, 3.05) is 30.5 Å². The molecule has 2 N–H and O–H groups in total. The summed E-state index contributed by atoms with van der Waals surface area (Å²) in [5.41, 5.74) is 1.44. The molecular formula is C30H27ClF4N2O6. The summed E-state index contributed by atoms with van der Waals surface area (Å²) in [6, 6.07) is 12.2. The summed E-state index contributed by atoms with van der Waals surface area (Å²) in [7, 11) is 1.47. The minimum absolute atomic E-state index is 0.0957. The third-order valence-corrected chi connectivity index (χ3v) is 7.72. The summed E-state index contributed by atoms with van der Waals surface area (Å²) in [4.78, 5) is 26.4. The van der Waals surface area contributed by atoms with Gasteiger partial charge >= 0.3 is 12.3 Å². The highest BCUT2D eigenvalue weighted by Crippen LogP contribution is 2.39. The molecule has 1 aliphatic carbocycles. The van der Waals surface area contributed by atoms with Crippen molar-refractivity contribution in [1.29, 1.82) is 0 Å². The summed E-state index contributed by atoms with van der Waals surface area (Å²) in [5, 5.41) is 12.7. The number of carboxylic acids is 1. The van der Waals surface area contributed by atoms with E-state index in [-0.39, 0.29) is 30.5 Å². The van der Waals surface area contributed by atoms with Crippen LogP contribution in [0.1, 0.15) is 30.0 Å². The lowest BCUT2D eigenvalue weighted by Gasteiger charge is -2.32. The molecule has 1 amide bonds. The lowest BCUT2D eigenvalue weighted by Crippen LogP contribution is -2.37. The number of anilines is 2. The average molecular weight is 623 g/mol. The van der Waals surface area contributed by atoms with Crippen LogP contribution < -0.4 is 24.4 Å². The molecule has 0 unspecified atom stereocenters. The van der Waals surface area contributed by atoms with Crippen molar-refractivity contribution in [3.05, 3.63) is 76.6 Å². The van der Waals surface area contributed by atoms with E-state index in [1.54, 1.807) is 42.5 Å². The SMILES string of the molecule is COc1cc(N[C@@H](C(=O)N2CCc3cc(F)c(OC(F)(F)F)cc32)c2ccc(Cl)cc2)cc(OCC2CC(C(=O)O)C2)c1. The number of aliphatic carboxylic acids is 1. The van der Waals surface area contributed by atoms with Gasteiger partial charge in [-0.3, -0.25) is 9.59 Å². The van der Waals surface area contributed by atoms with E-state index in [9.17, 15) is 27.2 Å². The molecule has 0 aromatic heterocycles. The van der Waals surface area contributed by atoms with Crippen LogP contribution in [0.2, 0.25) is 5.02 Å². The van der Waals surface area contributed by atoms with Crippen molar-refractivity contribution in [2.45, 2.75) is 31.7 Å². The first kappa shape index (κ1) is 30.3. The summed E-state index contributed by atoms with van der Waals surface area (Å²) < 4.78 is 68.2. The molecule has 5 rings (SSSR count). The highest BCUT2D eigenvalue weighted by molar-refractivity contribution is 6.30. The molecule has 2 aliphatic rings. The Bertz CT molecular complexity index is 1510. The van der Waals surface area contributed by atoms with E-state index < -0.39 is 35.8 Å². The number of alkyl halides is 3. The number of methoxy groups -OCH3 is 1. The van der Waals surface area contributed by atoms with Crippen molar-refractivity contribution in [1.82, 2.24) is 0 Å². The summed E-state index contributed by atoms with van der Waals surface area (Å²) in [6.45, 7) is 0.416. The number of benzene rings is 3. The van der Waals surface area contributed by atoms with Crippen LogP contribution in [0.25, 0.3) is 0 Å². The minimum Gasteiger partial charge on any atom is -0.497 e. The number of hydrogen-bond acceptors (Lipinski definition) is 6. The molecule has 3 aromatic rings. The van der Waals surface area contributed by atoms with Crippen molar-refractivity contribution < 1.29 is 46.5 Å². The molecular weight excluding hydrogens is 596 g/mol. The van der Waals surface area contributed by atoms with Gasteiger partial charge in [-0.25, -0.2) is 4.39 Å². The summed E-state index contributed by atoms with van der Waals surface area (Å²) in [5.74, 6) is -2.96. The van der Waals surface area contributed by atoms with Gasteiger partial charge in [0.05, 0.1) is 25.3 Å². The molecule has 43 heavy (non-hydrogen) atoms. The third kappa shape index (κ3) is 7.07. The number of hydrogen-bond donors (Lipinski definition) is 2. The fourth-order valence-corrected chi connectivity index (χ4v) is 5.35. The third-order valence-electron chi connectivity index (χ3n) is 7.47. The molecule has 1 saturated carbocycles. The lowest BCUT2D eigenvalue weighted by atomic mass is 9.75. The normalized spacial score (nSPS) is 18.3. The highest BCUT2D eigenvalue weighted by atomic mass is 35.5. The molecule has 1 heterocycles. The number of amides is 1. The average Bonchev–Trinajstić information content (AvgIpc) is 3.32. The van der Waals surface area contributed by atoms with E-state index >= 15 is 0 Å². The second kappa shape index (κ2) is 12.2. The molecule has 0 radical (unpaired) electrons. The minimum atomic E-state index is -5.11. The van der Waals surface area contributed by atoms with Crippen LogP contribution in [0.15, 0.2) is 54.6 Å². The fraction of sp³-hybridized carbons (Fsp3) is 0.333. The zero-order chi connectivity index (χ0) is 30.9. The van der Waals surface area contributed by atoms with E-state index in [2.05, 4.69) is 10.1 Å². The second-order valence-electron chi connectivity index (χ2n) is 10.4. The second-order valence-corrected chi connectivity index (χ2v) is 10.8. The molecule has 0 bridgehead atoms. The molecule has 0 spiro atoms. The Morgan fingerprint density at radius 3 is 2.44 bits per heavy atom. The highest BCUT2D eigenvalue weighted by Gasteiger charge is 2.37. The van der Waals surface area contributed by atoms with Gasteiger partial charge in [-0.2, -0.15) is 0 Å². The van der Waals surface area contributed by atoms with Gasteiger partial charge in [0.1, 0.15) is 17.5 Å². The van der Waals surface area contributed by atoms with Gasteiger partial charge in [0.2, 0.25) is 0 Å². The van der Waals surface area contributed by atoms with Crippen LogP contribution in [0.5, 0.6) is 17.2 Å². The zero-order valence-electron chi connectivity index (χ0n) is 22.8. The molecule has 1 atom stereocenters. The Labute approximate surface area is 249 Å². The number of carbonyl (C=O) groups is 2. The fourth-order valence-electron chi connectivity index (χ4n) is 5.23. The number of fused-ring (bicyclic) bond motifs is 1. The maximum Gasteiger partial charge on any atom is 0.573 e. The van der Waals surface area contributed by atoms with E-state index in [0.717, 1.165) is 12.1 Å². The summed E-state index contributed by atoms with van der Waals surface area (Å²) in [6.07, 6.45) is -3.83. The van der Waals surface area contributed by atoms with Gasteiger partial charge < -0.3 is 29.5 Å². The number of carboxylic acid groups (broad SMARTS) is 1. The number of ether oxygens (including phenoxy) is 3. The van der Waals surface area contributed by atoms with Crippen molar-refractivity contribution in [2.24, 2.45) is 11.8 Å². The number of nitrogens with zero attached hydrogens (tertiary/aromatic N) is 1. The molecule has 13 heteroatoms. The molecule has 8 nitrogen and oxygen atoms in total. The predicted molar refractivity (Wildman–Crippen MR) is 149 cm³/mol. The maximum atomic E-state index is 14.4. The molecule has 1 fully saturated rings. The first-order valence-electron chi connectivity index (χ1n) is 13.4. The largest absolute Gasteiger partial charge is 0.573 e. The van der Waals surface area contributed by atoms with E-state index in [1.807, 2.05) is 0 Å². The van der Waals surface area contributed by atoms with E-state index in [4.69, 9.17) is 26.2 Å². The number of halogens is 5. The van der Waals surface area contributed by atoms with Gasteiger partial charge in [0, 0.05) is 41.5 Å². The molecule has 228 valence electrons. The van der Waals surface area contributed by atoms with Gasteiger partial charge in [-0.15, -0.1) is 13.2 Å². The predicted octanol–water partition coefficient (Wildman–Crippen LogP) is 6.62. The maximum absolute atomic E-state index is 14.4. The smallest absolute Gasteiger partial charge is 0.497 e. The first-order chi connectivity index (χ1) is 20.4. The van der Waals surface area contributed by atoms with Gasteiger partial charge in [-0.1, -0.05) is 23.7 Å². The van der Waals surface area contributed by atoms with Crippen molar-refractivity contribution in [3.8, 4) is 17.2 Å². The number of carbonyl (C=O) groups excluding carboxylic acids is 1. The van der Waals surface area contributed by atoms with Crippen LogP contribution >= 0.6 is 11.6 Å². The van der Waals surface area contributed by atoms with E-state index in [0.29, 0.717) is 52.8 Å². The monoisotopic (exact) mass is 622 g/mol. The van der Waals surface area contributed by atoms with Gasteiger partial charge in [-0.05, 0) is 54.5 Å². The van der Waals surface area contributed by atoms with Crippen molar-refractivity contribution in [3.63, 3.8) is 0 Å². The van der Waals surface area contributed by atoms with Crippen LogP contribution in [0.4, 0.5) is 28.9 Å². The van der Waals surface area contributed by atoms with E-state index in [1.165, 1.54) is 12.0 Å². The van der Waals surface area contributed by atoms with Crippen LogP contribution in [-0.2, 0) is 16.0 Å². The number of nitrogens with one attached hydrogen (secondary N) is 1. The topological polar surface area (TPSA) is 97.3 Å². The Kier molecular flexibility index (Phi) is 8.59. The zero-order valence-corrected chi connectivity index (χ0v) is 23.5. The molecule has 1 aliphatic heterocycles. The lowest BCUT2D eigenvalue weighted by molar-refractivity contribution is -0.275. The summed E-state index contributed by atoms with van der Waals surface area (Å²) >= 11 is 6.08. The first-order valence-corrected chi connectivity index (χ1v) is 13.7. The van der Waals surface area contributed by atoms with Crippen LogP contribution in [0, 0.1) is 17.7 Å². The van der Waals surface area contributed by atoms with Gasteiger partial charge in [0.15, 0.2) is 11.6 Å². The quantitative estimate of drug-likeness (QED) is 0.245. The van der Waals surface area contributed by atoms with Crippen molar-refractivity contribution >= 4 is 34.9 Å². The Balaban J connectivity index is 1.41. The Morgan fingerprint density at radius 1 is 1.09 bits per heavy atom. The van der Waals surface area contributed by atoms with Crippen LogP contribution in [-0.4, -0.2) is 43.6 Å². The standard InChI is InChI=1S/C30H27ClF4N2O6/c1-41-22-11-21(12-23(13-22)42-15-16-8-19(9-16)29(39)40)36-27(17-2-4-20(31)5-3-17)28(38)37-7-6-18-10-24(32)26(14-25(18)37)43-30(33,34)35/h2-5,10-14,16,19,27,36H,6-9,15H2,1H3,(H,39,40)/t16?,19?,27-/m1/s1. The molecule has 3 aromatic carbocycles. The molecule has 0 saturated heterocycles. The van der Waals surface area contributed by atoms with Gasteiger partial charge in [0.25, 0.3) is 5.91 Å². The Hall–Kier alpha value is -4.19. The Morgan fingerprint density at radius 2 is 1.79 bits per heavy atom.